The molecule has 194 valence electrons. The van der Waals surface area contributed by atoms with Crippen LogP contribution in [0.4, 0.5) is 5.69 Å². The van der Waals surface area contributed by atoms with Gasteiger partial charge in [-0.3, -0.25) is 14.7 Å². The molecule has 1 aliphatic rings. The van der Waals surface area contributed by atoms with E-state index < -0.39 is 15.9 Å². The summed E-state index contributed by atoms with van der Waals surface area (Å²) in [5.41, 5.74) is 2.32. The monoisotopic (exact) mass is 577 g/mol. The average molecular weight is 579 g/mol. The number of ether oxygens (including phenoxy) is 1. The van der Waals surface area contributed by atoms with Gasteiger partial charge in [0.2, 0.25) is 9.70 Å². The summed E-state index contributed by atoms with van der Waals surface area (Å²) >= 11 is 25.1. The smallest absolute Gasteiger partial charge is 0.245 e. The number of anilines is 1. The molecule has 1 fully saturated rings. The van der Waals surface area contributed by atoms with Crippen LogP contribution >= 0.6 is 47.0 Å². The molecule has 1 aromatic heterocycles. The summed E-state index contributed by atoms with van der Waals surface area (Å²) < 4.78 is 3.58. The quantitative estimate of drug-likeness (QED) is 0.176. The number of rotatable bonds is 7. The molecule has 1 atom stereocenters. The van der Waals surface area contributed by atoms with E-state index in [4.69, 9.17) is 51.8 Å². The Morgan fingerprint density at radius 1 is 1.11 bits per heavy atom. The van der Waals surface area contributed by atoms with E-state index in [9.17, 15) is 4.79 Å². The molecule has 0 spiro atoms. The Labute approximate surface area is 236 Å². The van der Waals surface area contributed by atoms with Crippen molar-refractivity contribution >= 4 is 80.7 Å². The Hall–Kier alpha value is -2.46. The van der Waals surface area contributed by atoms with Gasteiger partial charge in [0, 0.05) is 30.7 Å². The topological polar surface area (TPSA) is 69.7 Å². The van der Waals surface area contributed by atoms with E-state index in [0.717, 1.165) is 16.5 Å². The van der Waals surface area contributed by atoms with Gasteiger partial charge in [-0.1, -0.05) is 83.3 Å². The lowest BCUT2D eigenvalue weighted by Crippen LogP contribution is -2.61. The van der Waals surface area contributed by atoms with Crippen LogP contribution in [0.2, 0.25) is 0 Å². The zero-order valence-electron chi connectivity index (χ0n) is 19.8. The van der Waals surface area contributed by atoms with Gasteiger partial charge in [0.05, 0.1) is 31.1 Å². The Kier molecular flexibility index (Phi) is 9.59. The van der Waals surface area contributed by atoms with E-state index >= 15 is 0 Å². The molecule has 4 rings (SSSR count). The van der Waals surface area contributed by atoms with Crippen molar-refractivity contribution in [3.63, 3.8) is 0 Å². The minimum Gasteiger partial charge on any atom is -0.379 e. The first kappa shape index (κ1) is 27.6. The van der Waals surface area contributed by atoms with Crippen molar-refractivity contribution in [2.75, 3.05) is 38.3 Å². The van der Waals surface area contributed by atoms with Crippen molar-refractivity contribution in [3.05, 3.63) is 78.5 Å². The minimum absolute atomic E-state index is 0.272. The molecule has 1 amide bonds. The number of alkyl halides is 3. The molecule has 1 saturated heterocycles. The van der Waals surface area contributed by atoms with Crippen LogP contribution in [-0.4, -0.2) is 68.7 Å². The van der Waals surface area contributed by atoms with E-state index in [1.54, 1.807) is 17.2 Å². The van der Waals surface area contributed by atoms with E-state index in [2.05, 4.69) is 20.5 Å². The first-order valence-electron chi connectivity index (χ1n) is 11.6. The molecule has 0 radical (unpaired) electrons. The summed E-state index contributed by atoms with van der Waals surface area (Å²) in [6.45, 7) is 2.79. The van der Waals surface area contributed by atoms with Crippen molar-refractivity contribution in [2.24, 2.45) is 0 Å². The van der Waals surface area contributed by atoms with Crippen LogP contribution < -0.4 is 10.6 Å². The van der Waals surface area contributed by atoms with Gasteiger partial charge in [0.1, 0.15) is 0 Å². The van der Waals surface area contributed by atoms with Crippen LogP contribution in [0.5, 0.6) is 0 Å². The normalized spacial score (nSPS) is 15.4. The van der Waals surface area contributed by atoms with Gasteiger partial charge in [-0.05, 0) is 36.0 Å². The fourth-order valence-electron chi connectivity index (χ4n) is 3.87. The third-order valence-electron chi connectivity index (χ3n) is 5.72. The predicted octanol–water partition coefficient (Wildman–Crippen LogP) is 5.05. The number of carbonyl (C=O) groups is 1. The lowest BCUT2D eigenvalue weighted by atomic mass is 10.2. The number of para-hydroxylation sites is 1. The lowest BCUT2D eigenvalue weighted by Gasteiger charge is -2.41. The molecule has 1 unspecified atom stereocenters. The molecule has 7 nitrogen and oxygen atoms in total. The number of hydrogen-bond acceptors (Lipinski definition) is 5. The molecule has 2 N–H and O–H groups in total. The van der Waals surface area contributed by atoms with Crippen molar-refractivity contribution < 1.29 is 9.53 Å². The van der Waals surface area contributed by atoms with Gasteiger partial charge in [-0.15, -0.1) is 0 Å². The van der Waals surface area contributed by atoms with Gasteiger partial charge in [-0.25, -0.2) is 0 Å². The molecule has 2 aromatic carbocycles. The highest BCUT2D eigenvalue weighted by atomic mass is 35.6. The van der Waals surface area contributed by atoms with E-state index in [1.807, 2.05) is 60.7 Å². The van der Waals surface area contributed by atoms with Crippen LogP contribution in [0.15, 0.2) is 72.9 Å². The number of pyridine rings is 1. The minimum atomic E-state index is -1.90. The maximum Gasteiger partial charge on any atom is 0.245 e. The highest BCUT2D eigenvalue weighted by molar-refractivity contribution is 7.80. The number of amides is 1. The van der Waals surface area contributed by atoms with Crippen LogP contribution in [0.1, 0.15) is 5.56 Å². The van der Waals surface area contributed by atoms with Crippen LogP contribution in [0.25, 0.3) is 17.0 Å². The zero-order chi connectivity index (χ0) is 26.3. The molecular formula is C26H26Cl3N5O2S. The third kappa shape index (κ3) is 7.77. The summed E-state index contributed by atoms with van der Waals surface area (Å²) in [6.07, 6.45) is 3.73. The van der Waals surface area contributed by atoms with Gasteiger partial charge in [-0.2, -0.15) is 0 Å². The third-order valence-corrected chi connectivity index (χ3v) is 6.68. The second kappa shape index (κ2) is 12.9. The molecule has 1 aliphatic heterocycles. The van der Waals surface area contributed by atoms with Crippen molar-refractivity contribution in [1.29, 1.82) is 0 Å². The average Bonchev–Trinajstić information content (AvgIpc) is 2.90. The first-order chi connectivity index (χ1) is 17.8. The molecular weight excluding hydrogens is 553 g/mol. The van der Waals surface area contributed by atoms with Crippen LogP contribution in [-0.2, 0) is 9.53 Å². The van der Waals surface area contributed by atoms with Gasteiger partial charge < -0.3 is 20.3 Å². The summed E-state index contributed by atoms with van der Waals surface area (Å²) in [7, 11) is 0. The summed E-state index contributed by atoms with van der Waals surface area (Å²) in [6, 6.07) is 19.0. The van der Waals surface area contributed by atoms with E-state index in [-0.39, 0.29) is 5.11 Å². The Balaban J connectivity index is 1.60. The number of carbonyl (C=O) groups excluding carboxylic acids is 1. The number of benzene rings is 2. The van der Waals surface area contributed by atoms with Gasteiger partial charge in [0.25, 0.3) is 0 Å². The number of thiocarbonyl (C=S) groups is 1. The number of halogens is 3. The maximum atomic E-state index is 12.9. The first-order valence-corrected chi connectivity index (χ1v) is 13.2. The second-order valence-corrected chi connectivity index (χ2v) is 11.1. The van der Waals surface area contributed by atoms with Crippen molar-refractivity contribution in [2.45, 2.75) is 9.96 Å². The fraction of sp³-hybridized carbons (Fsp3) is 0.269. The Morgan fingerprint density at radius 3 is 2.57 bits per heavy atom. The standard InChI is InChI=1S/C26H26Cl3N5O2S/c27-26(28,29)24(32-22(35)12-11-19-6-2-1-3-7-19)34(18-33-14-16-36-17-15-33)25(37)31-21-10-4-8-20-9-5-13-30-23(20)21/h1-13,24H,14-18H2,(H,31,37)(H,32,35)/b12-11+. The molecule has 2 heterocycles. The highest BCUT2D eigenvalue weighted by Gasteiger charge is 2.40. The molecule has 3 aromatic rings. The SMILES string of the molecule is O=C(/C=C/c1ccccc1)NC(N(CN1CCOCC1)C(=S)Nc1cccc2cccnc12)C(Cl)(Cl)Cl. The predicted molar refractivity (Wildman–Crippen MR) is 155 cm³/mol. The second-order valence-electron chi connectivity index (χ2n) is 8.35. The summed E-state index contributed by atoms with van der Waals surface area (Å²) in [5.74, 6) is -0.429. The number of morpholine rings is 1. The molecule has 37 heavy (non-hydrogen) atoms. The molecule has 0 bridgehead atoms. The number of fused-ring (bicyclic) bond motifs is 1. The molecule has 11 heteroatoms. The van der Waals surface area contributed by atoms with E-state index in [1.165, 1.54) is 6.08 Å². The largest absolute Gasteiger partial charge is 0.379 e. The van der Waals surface area contributed by atoms with Crippen molar-refractivity contribution in [1.82, 2.24) is 20.1 Å². The fourth-order valence-corrected chi connectivity index (χ4v) is 4.66. The van der Waals surface area contributed by atoms with Crippen LogP contribution in [0.3, 0.4) is 0 Å². The van der Waals surface area contributed by atoms with E-state index in [0.29, 0.717) is 38.7 Å². The maximum absolute atomic E-state index is 12.9. The molecule has 0 saturated carbocycles. The summed E-state index contributed by atoms with van der Waals surface area (Å²) in [4.78, 5) is 21.2. The number of hydrogen-bond donors (Lipinski definition) is 2. The number of nitrogens with one attached hydrogen (secondary N) is 2. The Morgan fingerprint density at radius 2 is 1.84 bits per heavy atom. The van der Waals surface area contributed by atoms with Gasteiger partial charge >= 0.3 is 0 Å². The van der Waals surface area contributed by atoms with Crippen molar-refractivity contribution in [3.8, 4) is 0 Å². The highest BCUT2D eigenvalue weighted by Crippen LogP contribution is 2.33. The van der Waals surface area contributed by atoms with Crippen LogP contribution in [0, 0.1) is 0 Å². The lowest BCUT2D eigenvalue weighted by molar-refractivity contribution is -0.118. The zero-order valence-corrected chi connectivity index (χ0v) is 22.9. The number of aromatic nitrogens is 1. The summed E-state index contributed by atoms with van der Waals surface area (Å²) in [5, 5.41) is 7.30. The van der Waals surface area contributed by atoms with Gasteiger partial charge in [0.15, 0.2) is 11.3 Å². The number of nitrogens with zero attached hydrogens (tertiary/aromatic N) is 3. The Bertz CT molecular complexity index is 1240. The molecule has 0 aliphatic carbocycles.